The maximum absolute atomic E-state index is 11.1. The highest BCUT2D eigenvalue weighted by Crippen LogP contribution is 2.40. The first-order valence-electron chi connectivity index (χ1n) is 12.7. The molecular weight excluding hydrogens is 502 g/mol. The number of rotatable bonds is 7. The molecular formula is C29H28ClN5O3. The first-order valence-corrected chi connectivity index (χ1v) is 13.1. The molecule has 194 valence electrons. The first kappa shape index (κ1) is 24.6. The minimum absolute atomic E-state index is 0.0140. The van der Waals surface area contributed by atoms with Crippen molar-refractivity contribution in [2.45, 2.75) is 18.9 Å². The monoisotopic (exact) mass is 529 g/mol. The van der Waals surface area contributed by atoms with Crippen LogP contribution in [-0.2, 0) is 4.74 Å². The van der Waals surface area contributed by atoms with Crippen LogP contribution in [-0.4, -0.2) is 59.4 Å². The van der Waals surface area contributed by atoms with E-state index in [0.29, 0.717) is 38.9 Å². The van der Waals surface area contributed by atoms with Crippen molar-refractivity contribution in [1.82, 2.24) is 14.9 Å². The summed E-state index contributed by atoms with van der Waals surface area (Å²) in [4.78, 5) is 19.9. The van der Waals surface area contributed by atoms with E-state index in [1.54, 1.807) is 7.11 Å². The van der Waals surface area contributed by atoms with Gasteiger partial charge >= 0.3 is 0 Å². The van der Waals surface area contributed by atoms with E-state index in [0.717, 1.165) is 55.4 Å². The van der Waals surface area contributed by atoms with E-state index in [1.807, 2.05) is 60.7 Å². The molecule has 38 heavy (non-hydrogen) atoms. The zero-order valence-electron chi connectivity index (χ0n) is 21.0. The number of ether oxygens (including phenoxy) is 2. The number of aromatic amines is 1. The number of piperidine rings is 1. The van der Waals surface area contributed by atoms with Crippen molar-refractivity contribution in [3.63, 3.8) is 0 Å². The highest BCUT2D eigenvalue weighted by Gasteiger charge is 2.25. The van der Waals surface area contributed by atoms with Gasteiger partial charge in [0.2, 0.25) is 5.88 Å². The standard InChI is InChI=1S/C29H28ClN5O3/c1-37-16-15-35-13-11-20(12-14-35)38-24-10-9-23-27(34-24)26(29(36)33-23)25(18-5-4-6-19(30)17-18)28-31-21-7-2-3-8-22(21)32-28/h2-10,17,20,33,36H,11-16H2,1H3. The summed E-state index contributed by atoms with van der Waals surface area (Å²) in [6.07, 6.45) is 1.92. The third-order valence-corrected chi connectivity index (χ3v) is 7.19. The fourth-order valence-electron chi connectivity index (χ4n) is 5.03. The van der Waals surface area contributed by atoms with Crippen LogP contribution in [0.4, 0.5) is 0 Å². The Hall–Kier alpha value is -3.72. The molecule has 0 atom stereocenters. The lowest BCUT2D eigenvalue weighted by Gasteiger charge is -2.31. The van der Waals surface area contributed by atoms with Crippen LogP contribution in [0.5, 0.6) is 11.8 Å². The molecule has 6 rings (SSSR count). The smallest absolute Gasteiger partial charge is 0.214 e. The Kier molecular flexibility index (Phi) is 6.84. The second kappa shape index (κ2) is 10.6. The van der Waals surface area contributed by atoms with Gasteiger partial charge in [-0.25, -0.2) is 15.0 Å². The topological polar surface area (TPSA) is 95.3 Å². The van der Waals surface area contributed by atoms with Gasteiger partial charge in [0, 0.05) is 43.4 Å². The minimum atomic E-state index is -0.0140. The van der Waals surface area contributed by atoms with Gasteiger partial charge in [-0.15, -0.1) is 0 Å². The van der Waals surface area contributed by atoms with E-state index in [9.17, 15) is 5.11 Å². The maximum Gasteiger partial charge on any atom is 0.214 e. The van der Waals surface area contributed by atoms with Gasteiger partial charge in [0.15, 0.2) is 11.7 Å². The number of hydrogen-bond donors (Lipinski definition) is 2. The summed E-state index contributed by atoms with van der Waals surface area (Å²) in [5.74, 6) is 0.994. The third-order valence-electron chi connectivity index (χ3n) is 6.95. The summed E-state index contributed by atoms with van der Waals surface area (Å²) in [6, 6.07) is 18.9. The third kappa shape index (κ3) is 4.90. The SMILES string of the molecule is COCCN1CCC(Oc2ccc3[nH]c(O)c(C(=C4N=c5ccccc5=N4)c4cccc(Cl)c4)c3n2)CC1. The fourth-order valence-corrected chi connectivity index (χ4v) is 5.22. The molecule has 4 aromatic rings. The molecule has 9 heteroatoms. The van der Waals surface area contributed by atoms with Crippen molar-refractivity contribution in [3.8, 4) is 11.8 Å². The molecule has 2 aromatic heterocycles. The molecule has 0 unspecified atom stereocenters. The summed E-state index contributed by atoms with van der Waals surface area (Å²) < 4.78 is 11.5. The number of fused-ring (bicyclic) bond motifs is 2. The van der Waals surface area contributed by atoms with Crippen molar-refractivity contribution in [1.29, 1.82) is 0 Å². The van der Waals surface area contributed by atoms with E-state index < -0.39 is 0 Å². The average Bonchev–Trinajstić information content (AvgIpc) is 3.49. The second-order valence-electron chi connectivity index (χ2n) is 9.47. The molecule has 2 aliphatic heterocycles. The predicted octanol–water partition coefficient (Wildman–Crippen LogP) is 4.08. The highest BCUT2D eigenvalue weighted by atomic mass is 35.5. The number of aromatic nitrogens is 2. The Morgan fingerprint density at radius 1 is 1.05 bits per heavy atom. The minimum Gasteiger partial charge on any atom is -0.494 e. The summed E-state index contributed by atoms with van der Waals surface area (Å²) in [5.41, 5.74) is 3.21. The summed E-state index contributed by atoms with van der Waals surface area (Å²) in [7, 11) is 1.73. The highest BCUT2D eigenvalue weighted by molar-refractivity contribution is 6.30. The number of H-pyrrole nitrogens is 1. The van der Waals surface area contributed by atoms with Crippen LogP contribution < -0.4 is 15.5 Å². The molecule has 1 fully saturated rings. The van der Waals surface area contributed by atoms with E-state index in [1.165, 1.54) is 0 Å². The number of benzene rings is 2. The van der Waals surface area contributed by atoms with Crippen molar-refractivity contribution < 1.29 is 14.6 Å². The van der Waals surface area contributed by atoms with Gasteiger partial charge in [-0.2, -0.15) is 0 Å². The van der Waals surface area contributed by atoms with Crippen LogP contribution in [0.2, 0.25) is 5.02 Å². The first-order chi connectivity index (χ1) is 18.6. The number of hydrogen-bond acceptors (Lipinski definition) is 7. The number of nitrogens with one attached hydrogen (secondary N) is 1. The number of methoxy groups -OCH3 is 1. The van der Waals surface area contributed by atoms with Gasteiger partial charge in [0.25, 0.3) is 0 Å². The van der Waals surface area contributed by atoms with Crippen LogP contribution in [0.1, 0.15) is 24.0 Å². The van der Waals surface area contributed by atoms with E-state index in [2.05, 4.69) is 9.88 Å². The largest absolute Gasteiger partial charge is 0.494 e. The van der Waals surface area contributed by atoms with Crippen LogP contribution in [0.25, 0.3) is 16.6 Å². The van der Waals surface area contributed by atoms with Crippen molar-refractivity contribution >= 4 is 28.2 Å². The Bertz CT molecular complexity index is 1600. The van der Waals surface area contributed by atoms with Crippen LogP contribution in [0.3, 0.4) is 0 Å². The summed E-state index contributed by atoms with van der Waals surface area (Å²) >= 11 is 6.38. The van der Waals surface area contributed by atoms with Crippen LogP contribution >= 0.6 is 11.6 Å². The van der Waals surface area contributed by atoms with Gasteiger partial charge in [-0.1, -0.05) is 35.9 Å². The molecule has 4 heterocycles. The molecule has 0 amide bonds. The summed E-state index contributed by atoms with van der Waals surface area (Å²) in [5, 5.41) is 13.2. The molecule has 0 radical (unpaired) electrons. The van der Waals surface area contributed by atoms with Crippen LogP contribution in [0, 0.1) is 0 Å². The van der Waals surface area contributed by atoms with Gasteiger partial charge in [-0.3, -0.25) is 0 Å². The van der Waals surface area contributed by atoms with E-state index >= 15 is 0 Å². The molecule has 0 saturated carbocycles. The molecule has 2 N–H and O–H groups in total. The lowest BCUT2D eigenvalue weighted by Crippen LogP contribution is -2.39. The number of halogens is 1. The van der Waals surface area contributed by atoms with Gasteiger partial charge in [0.1, 0.15) is 11.6 Å². The fraction of sp³-hybridized carbons (Fsp3) is 0.276. The second-order valence-corrected chi connectivity index (χ2v) is 9.90. The van der Waals surface area contributed by atoms with E-state index in [-0.39, 0.29) is 12.0 Å². The van der Waals surface area contributed by atoms with Gasteiger partial charge < -0.3 is 24.5 Å². The van der Waals surface area contributed by atoms with E-state index in [4.69, 9.17) is 36.0 Å². The zero-order valence-corrected chi connectivity index (χ0v) is 21.8. The Balaban J connectivity index is 1.40. The lowest BCUT2D eigenvalue weighted by molar-refractivity contribution is 0.0775. The molecule has 0 aliphatic carbocycles. The number of likely N-dealkylation sites (tertiary alicyclic amines) is 1. The molecule has 2 aliphatic rings. The Labute approximate surface area is 224 Å². The van der Waals surface area contributed by atoms with Crippen LogP contribution in [0.15, 0.2) is 76.5 Å². The Morgan fingerprint density at radius 2 is 1.82 bits per heavy atom. The molecule has 0 bridgehead atoms. The molecule has 1 saturated heterocycles. The molecule has 2 aromatic carbocycles. The molecule has 8 nitrogen and oxygen atoms in total. The van der Waals surface area contributed by atoms with Crippen molar-refractivity contribution in [2.75, 3.05) is 33.4 Å². The predicted molar refractivity (Wildman–Crippen MR) is 146 cm³/mol. The Morgan fingerprint density at radius 3 is 2.53 bits per heavy atom. The zero-order chi connectivity index (χ0) is 26.1. The number of aromatic hydroxyl groups is 1. The average molecular weight is 530 g/mol. The normalized spacial score (nSPS) is 15.8. The van der Waals surface area contributed by atoms with Gasteiger partial charge in [0.05, 0.1) is 28.4 Å². The van der Waals surface area contributed by atoms with Crippen molar-refractivity contribution in [3.05, 3.63) is 93.3 Å². The lowest BCUT2D eigenvalue weighted by atomic mass is 9.98. The van der Waals surface area contributed by atoms with Crippen molar-refractivity contribution in [2.24, 2.45) is 9.98 Å². The quantitative estimate of drug-likeness (QED) is 0.376. The molecule has 0 spiro atoms. The van der Waals surface area contributed by atoms with Gasteiger partial charge in [-0.05, 0) is 48.7 Å². The summed E-state index contributed by atoms with van der Waals surface area (Å²) in [6.45, 7) is 3.58. The number of para-hydroxylation sites is 2. The number of nitrogens with zero attached hydrogens (tertiary/aromatic N) is 4. The maximum atomic E-state index is 11.1. The number of pyridine rings is 1.